The van der Waals surface area contributed by atoms with Crippen LogP contribution in [0, 0.1) is 5.41 Å². The van der Waals surface area contributed by atoms with E-state index in [-0.39, 0.29) is 22.0 Å². The lowest BCUT2D eigenvalue weighted by Gasteiger charge is -2.18. The summed E-state index contributed by atoms with van der Waals surface area (Å²) in [5, 5.41) is 2.86. The Bertz CT molecular complexity index is 1050. The molecule has 0 unspecified atom stereocenters. The quantitative estimate of drug-likeness (QED) is 0.732. The van der Waals surface area contributed by atoms with Gasteiger partial charge in [-0.1, -0.05) is 23.7 Å². The minimum atomic E-state index is -3.82. The Labute approximate surface area is 170 Å². The molecule has 1 heterocycles. The van der Waals surface area contributed by atoms with Crippen LogP contribution >= 0.6 is 27.5 Å². The van der Waals surface area contributed by atoms with Gasteiger partial charge in [0.2, 0.25) is 15.9 Å². The van der Waals surface area contributed by atoms with Crippen LogP contribution in [-0.4, -0.2) is 26.0 Å². The number of rotatable bonds is 3. The zero-order chi connectivity index (χ0) is 20.0. The van der Waals surface area contributed by atoms with Gasteiger partial charge in [-0.25, -0.2) is 12.7 Å². The van der Waals surface area contributed by atoms with Crippen LogP contribution < -0.4 is 9.62 Å². The first-order chi connectivity index (χ1) is 12.5. The van der Waals surface area contributed by atoms with Crippen molar-refractivity contribution in [2.45, 2.75) is 13.8 Å². The number of benzene rings is 2. The van der Waals surface area contributed by atoms with Crippen LogP contribution in [0.15, 0.2) is 46.9 Å². The van der Waals surface area contributed by atoms with E-state index >= 15 is 0 Å². The second kappa shape index (κ2) is 6.92. The maximum absolute atomic E-state index is 12.7. The van der Waals surface area contributed by atoms with Gasteiger partial charge in [-0.05, 0) is 60.1 Å². The van der Waals surface area contributed by atoms with Crippen LogP contribution in [0.5, 0.6) is 0 Å². The van der Waals surface area contributed by atoms with Crippen LogP contribution in [0.3, 0.4) is 0 Å². The highest BCUT2D eigenvalue weighted by Crippen LogP contribution is 2.37. The average Bonchev–Trinajstić information content (AvgIpc) is 2.73. The minimum Gasteiger partial charge on any atom is -0.321 e. The first kappa shape index (κ1) is 19.9. The highest BCUT2D eigenvalue weighted by molar-refractivity contribution is 9.10. The summed E-state index contributed by atoms with van der Waals surface area (Å²) in [6, 6.07) is 11.2. The highest BCUT2D eigenvalue weighted by atomic mass is 79.9. The predicted molar refractivity (Wildman–Crippen MR) is 109 cm³/mol. The maximum atomic E-state index is 12.7. The van der Waals surface area contributed by atoms with Crippen LogP contribution in [0.4, 0.5) is 11.4 Å². The summed E-state index contributed by atoms with van der Waals surface area (Å²) in [7, 11) is -3.82. The molecule has 142 valence electrons. The first-order valence-electron chi connectivity index (χ1n) is 7.96. The Morgan fingerprint density at radius 2 is 1.89 bits per heavy atom. The smallest absolute Gasteiger partial charge is 0.257 e. The predicted octanol–water partition coefficient (Wildman–Crippen LogP) is 4.06. The summed E-state index contributed by atoms with van der Waals surface area (Å²) in [5.41, 5.74) is -0.338. The van der Waals surface area contributed by atoms with Gasteiger partial charge in [-0.2, -0.15) is 0 Å². The van der Waals surface area contributed by atoms with Crippen molar-refractivity contribution >= 4 is 60.7 Å². The first-order valence-corrected chi connectivity index (χ1v) is 10.7. The van der Waals surface area contributed by atoms with E-state index in [0.717, 1.165) is 4.31 Å². The van der Waals surface area contributed by atoms with Gasteiger partial charge < -0.3 is 5.32 Å². The topological polar surface area (TPSA) is 83.6 Å². The van der Waals surface area contributed by atoms with Crippen LogP contribution in [0.2, 0.25) is 5.02 Å². The van der Waals surface area contributed by atoms with Crippen LogP contribution in [-0.2, 0) is 14.8 Å². The third kappa shape index (κ3) is 3.74. The number of carbonyl (C=O) groups is 2. The van der Waals surface area contributed by atoms with Gasteiger partial charge >= 0.3 is 0 Å². The molecule has 0 bridgehead atoms. The maximum Gasteiger partial charge on any atom is 0.257 e. The SMILES string of the molecule is CC1(C)CS(=O)(=O)N(c2ccc(Cl)c(C(=O)Nc3ccccc3Br)c2)C1=O. The van der Waals surface area contributed by atoms with Gasteiger partial charge in [0, 0.05) is 4.47 Å². The molecule has 0 atom stereocenters. The van der Waals surface area contributed by atoms with E-state index in [0.29, 0.717) is 10.2 Å². The van der Waals surface area contributed by atoms with Crippen molar-refractivity contribution in [3.8, 4) is 0 Å². The molecular weight excluding hydrogens is 456 g/mol. The Hall–Kier alpha value is -1.90. The molecular formula is C18H16BrClN2O4S. The molecule has 27 heavy (non-hydrogen) atoms. The third-order valence-corrected chi connectivity index (χ3v) is 7.18. The number of hydrogen-bond acceptors (Lipinski definition) is 4. The molecule has 0 saturated carbocycles. The van der Waals surface area contributed by atoms with E-state index < -0.39 is 27.3 Å². The molecule has 1 saturated heterocycles. The molecule has 2 amide bonds. The molecule has 0 radical (unpaired) electrons. The molecule has 2 aromatic rings. The van der Waals surface area contributed by atoms with Gasteiger partial charge in [-0.15, -0.1) is 0 Å². The molecule has 0 spiro atoms. The highest BCUT2D eigenvalue weighted by Gasteiger charge is 2.50. The fourth-order valence-electron chi connectivity index (χ4n) is 2.83. The zero-order valence-corrected chi connectivity index (χ0v) is 17.7. The lowest BCUT2D eigenvalue weighted by Crippen LogP contribution is -2.33. The van der Waals surface area contributed by atoms with E-state index in [1.807, 2.05) is 0 Å². The molecule has 6 nitrogen and oxygen atoms in total. The van der Waals surface area contributed by atoms with Gasteiger partial charge in [-0.3, -0.25) is 9.59 Å². The summed E-state index contributed by atoms with van der Waals surface area (Å²) in [4.78, 5) is 25.2. The van der Waals surface area contributed by atoms with Crippen LogP contribution in [0.1, 0.15) is 24.2 Å². The van der Waals surface area contributed by atoms with E-state index in [9.17, 15) is 18.0 Å². The number of sulfonamides is 1. The number of hydrogen-bond donors (Lipinski definition) is 1. The standard InChI is InChI=1S/C18H16BrClN2O4S/c1-18(2)10-27(25,26)22(17(18)24)11-7-8-14(20)12(9-11)16(23)21-15-6-4-3-5-13(15)19/h3-9H,10H2,1-2H3,(H,21,23). The molecule has 1 N–H and O–H groups in total. The fraction of sp³-hybridized carbons (Fsp3) is 0.222. The number of para-hydroxylation sites is 1. The number of carbonyl (C=O) groups excluding carboxylic acids is 2. The summed E-state index contributed by atoms with van der Waals surface area (Å²) in [6.07, 6.45) is 0. The lowest BCUT2D eigenvalue weighted by atomic mass is 9.95. The number of amides is 2. The normalized spacial score (nSPS) is 17.8. The number of halogens is 2. The summed E-state index contributed by atoms with van der Waals surface area (Å²) >= 11 is 9.48. The monoisotopic (exact) mass is 470 g/mol. The summed E-state index contributed by atoms with van der Waals surface area (Å²) < 4.78 is 26.3. The molecule has 3 rings (SSSR count). The van der Waals surface area contributed by atoms with Crippen molar-refractivity contribution < 1.29 is 18.0 Å². The van der Waals surface area contributed by atoms with Crippen molar-refractivity contribution in [2.75, 3.05) is 15.4 Å². The Morgan fingerprint density at radius 1 is 1.22 bits per heavy atom. The fourth-order valence-corrected chi connectivity index (χ4v) is 5.51. The second-order valence-corrected chi connectivity index (χ2v) is 9.89. The van der Waals surface area contributed by atoms with Crippen LogP contribution in [0.25, 0.3) is 0 Å². The molecule has 0 aliphatic carbocycles. The molecule has 1 aliphatic heterocycles. The Balaban J connectivity index is 1.99. The lowest BCUT2D eigenvalue weighted by molar-refractivity contribution is -0.123. The largest absolute Gasteiger partial charge is 0.321 e. The number of anilines is 2. The minimum absolute atomic E-state index is 0.0672. The molecule has 2 aromatic carbocycles. The van der Waals surface area contributed by atoms with Gasteiger partial charge in [0.05, 0.1) is 33.1 Å². The van der Waals surface area contributed by atoms with Gasteiger partial charge in [0.1, 0.15) is 0 Å². The molecule has 9 heteroatoms. The molecule has 0 aromatic heterocycles. The Kier molecular flexibility index (Phi) is 5.09. The van der Waals surface area contributed by atoms with Crippen molar-refractivity contribution in [3.63, 3.8) is 0 Å². The second-order valence-electron chi connectivity index (χ2n) is 6.81. The van der Waals surface area contributed by atoms with Crippen molar-refractivity contribution in [1.82, 2.24) is 0 Å². The van der Waals surface area contributed by atoms with Gasteiger partial charge in [0.25, 0.3) is 5.91 Å². The van der Waals surface area contributed by atoms with E-state index in [1.54, 1.807) is 38.1 Å². The third-order valence-electron chi connectivity index (χ3n) is 4.14. The van der Waals surface area contributed by atoms with Crippen molar-refractivity contribution in [1.29, 1.82) is 0 Å². The number of nitrogens with one attached hydrogen (secondary N) is 1. The summed E-state index contributed by atoms with van der Waals surface area (Å²) in [6.45, 7) is 3.15. The molecule has 1 fully saturated rings. The number of nitrogens with zero attached hydrogens (tertiary/aromatic N) is 1. The zero-order valence-electron chi connectivity index (χ0n) is 14.5. The van der Waals surface area contributed by atoms with Crippen molar-refractivity contribution in [2.24, 2.45) is 5.41 Å². The van der Waals surface area contributed by atoms with E-state index in [1.165, 1.54) is 18.2 Å². The van der Waals surface area contributed by atoms with E-state index in [2.05, 4.69) is 21.2 Å². The van der Waals surface area contributed by atoms with Gasteiger partial charge in [0.15, 0.2) is 0 Å². The molecule has 1 aliphatic rings. The average molecular weight is 472 g/mol. The summed E-state index contributed by atoms with van der Waals surface area (Å²) in [5.74, 6) is -1.35. The van der Waals surface area contributed by atoms with Crippen molar-refractivity contribution in [3.05, 3.63) is 57.5 Å². The van der Waals surface area contributed by atoms with E-state index in [4.69, 9.17) is 11.6 Å². The Morgan fingerprint density at radius 3 is 2.48 bits per heavy atom.